The molecule has 0 aliphatic carbocycles. The Morgan fingerprint density at radius 3 is 2.67 bits per heavy atom. The number of hydrogen-bond donors (Lipinski definition) is 1. The number of rotatable bonds is 5. The molecule has 0 aromatic heterocycles. The third kappa shape index (κ3) is 2.75. The number of sulfonamides is 1. The molecule has 0 aliphatic rings. The molecule has 0 unspecified atom stereocenters. The minimum atomic E-state index is -3.69. The fraction of sp³-hybridized carbons (Fsp3) is 0.333. The molecule has 1 aromatic rings. The maximum atomic E-state index is 12.4. The van der Waals surface area contributed by atoms with Crippen LogP contribution in [0.1, 0.15) is 6.92 Å². The molecule has 0 aliphatic heterocycles. The number of benzene rings is 1. The number of ether oxygens (including phenoxy) is 1. The maximum absolute atomic E-state index is 12.4. The van der Waals surface area contributed by atoms with Gasteiger partial charge in [-0.2, -0.15) is 4.31 Å². The molecule has 0 saturated carbocycles. The van der Waals surface area contributed by atoms with Gasteiger partial charge < -0.3 is 10.5 Å². The summed E-state index contributed by atoms with van der Waals surface area (Å²) in [6, 6.07) is 4.47. The lowest BCUT2D eigenvalue weighted by Crippen LogP contribution is -2.31. The molecular formula is C12H16N2O3S. The molecule has 1 rings (SSSR count). The lowest BCUT2D eigenvalue weighted by molar-refractivity contribution is 0.397. The van der Waals surface area contributed by atoms with Crippen LogP contribution in [0, 0.1) is 12.3 Å². The predicted octanol–water partition coefficient (Wildman–Crippen LogP) is 0.921. The number of methoxy groups -OCH3 is 1. The number of hydrogen-bond acceptors (Lipinski definition) is 4. The Morgan fingerprint density at radius 1 is 1.50 bits per heavy atom. The van der Waals surface area contributed by atoms with E-state index in [-0.39, 0.29) is 23.7 Å². The Bertz CT molecular complexity index is 561. The number of nitrogen functional groups attached to an aromatic ring is 1. The van der Waals surface area contributed by atoms with Crippen LogP contribution in [-0.4, -0.2) is 32.9 Å². The molecule has 0 heterocycles. The number of terminal acetylenes is 1. The van der Waals surface area contributed by atoms with Crippen LogP contribution in [0.15, 0.2) is 23.1 Å². The quantitative estimate of drug-likeness (QED) is 0.636. The van der Waals surface area contributed by atoms with Gasteiger partial charge in [0.25, 0.3) is 0 Å². The standard InChI is InChI=1S/C12H16N2O3S/c1-4-8-14(5-2)18(15,16)12-9-10(13)6-7-11(12)17-3/h1,6-7,9H,5,8,13H2,2-3H3. The zero-order valence-electron chi connectivity index (χ0n) is 10.4. The van der Waals surface area contributed by atoms with Gasteiger partial charge in [0.05, 0.1) is 13.7 Å². The molecule has 0 radical (unpaired) electrons. The highest BCUT2D eigenvalue weighted by Crippen LogP contribution is 2.28. The minimum absolute atomic E-state index is 0.0107. The summed E-state index contributed by atoms with van der Waals surface area (Å²) in [5, 5.41) is 0. The lowest BCUT2D eigenvalue weighted by Gasteiger charge is -2.19. The molecule has 1 aromatic carbocycles. The third-order valence-corrected chi connectivity index (χ3v) is 4.37. The normalized spacial score (nSPS) is 11.2. The van der Waals surface area contributed by atoms with Crippen LogP contribution in [0.5, 0.6) is 5.75 Å². The molecule has 0 bridgehead atoms. The highest BCUT2D eigenvalue weighted by molar-refractivity contribution is 7.89. The van der Waals surface area contributed by atoms with Gasteiger partial charge in [0.1, 0.15) is 10.6 Å². The van der Waals surface area contributed by atoms with Crippen molar-refractivity contribution >= 4 is 15.7 Å². The summed E-state index contributed by atoms with van der Waals surface area (Å²) in [7, 11) is -2.29. The van der Waals surface area contributed by atoms with Crippen LogP contribution >= 0.6 is 0 Å². The van der Waals surface area contributed by atoms with Crippen molar-refractivity contribution in [2.45, 2.75) is 11.8 Å². The fourth-order valence-electron chi connectivity index (χ4n) is 1.50. The van der Waals surface area contributed by atoms with Gasteiger partial charge in [-0.3, -0.25) is 0 Å². The second-order valence-corrected chi connectivity index (χ2v) is 5.45. The zero-order valence-corrected chi connectivity index (χ0v) is 11.2. The molecule has 0 amide bonds. The van der Waals surface area contributed by atoms with E-state index >= 15 is 0 Å². The molecule has 98 valence electrons. The summed E-state index contributed by atoms with van der Waals surface area (Å²) < 4.78 is 31.0. The summed E-state index contributed by atoms with van der Waals surface area (Å²) in [4.78, 5) is 0.0297. The number of nitrogens with two attached hydrogens (primary N) is 1. The van der Waals surface area contributed by atoms with E-state index in [0.717, 1.165) is 0 Å². The second kappa shape index (κ2) is 5.76. The highest BCUT2D eigenvalue weighted by Gasteiger charge is 2.26. The van der Waals surface area contributed by atoms with Gasteiger partial charge in [-0.25, -0.2) is 8.42 Å². The smallest absolute Gasteiger partial charge is 0.247 e. The molecule has 2 N–H and O–H groups in total. The summed E-state index contributed by atoms with van der Waals surface area (Å²) in [6.07, 6.45) is 5.17. The van der Waals surface area contributed by atoms with Crippen LogP contribution < -0.4 is 10.5 Å². The Morgan fingerprint density at radius 2 is 2.17 bits per heavy atom. The van der Waals surface area contributed by atoms with Crippen molar-refractivity contribution < 1.29 is 13.2 Å². The van der Waals surface area contributed by atoms with Gasteiger partial charge in [0.2, 0.25) is 10.0 Å². The molecule has 5 nitrogen and oxygen atoms in total. The first-order valence-electron chi connectivity index (χ1n) is 5.34. The van der Waals surface area contributed by atoms with E-state index in [1.807, 2.05) is 0 Å². The molecule has 0 atom stereocenters. The average molecular weight is 268 g/mol. The van der Waals surface area contributed by atoms with E-state index in [1.54, 1.807) is 13.0 Å². The maximum Gasteiger partial charge on any atom is 0.247 e. The molecule has 0 saturated heterocycles. The first kappa shape index (κ1) is 14.4. The van der Waals surface area contributed by atoms with Gasteiger partial charge >= 0.3 is 0 Å². The van der Waals surface area contributed by atoms with Crippen LogP contribution in [0.25, 0.3) is 0 Å². The molecule has 0 spiro atoms. The van der Waals surface area contributed by atoms with Crippen molar-refractivity contribution in [3.8, 4) is 18.1 Å². The van der Waals surface area contributed by atoms with Crippen molar-refractivity contribution in [1.29, 1.82) is 0 Å². The van der Waals surface area contributed by atoms with Gasteiger partial charge in [0, 0.05) is 12.2 Å². The van der Waals surface area contributed by atoms with E-state index in [9.17, 15) is 8.42 Å². The van der Waals surface area contributed by atoms with Crippen molar-refractivity contribution in [2.24, 2.45) is 0 Å². The molecular weight excluding hydrogens is 252 g/mol. The van der Waals surface area contributed by atoms with Crippen LogP contribution in [0.2, 0.25) is 0 Å². The zero-order chi connectivity index (χ0) is 13.8. The lowest BCUT2D eigenvalue weighted by atomic mass is 10.3. The van der Waals surface area contributed by atoms with E-state index in [0.29, 0.717) is 5.69 Å². The minimum Gasteiger partial charge on any atom is -0.495 e. The highest BCUT2D eigenvalue weighted by atomic mass is 32.2. The first-order chi connectivity index (χ1) is 8.47. The summed E-state index contributed by atoms with van der Waals surface area (Å²) >= 11 is 0. The van der Waals surface area contributed by atoms with Gasteiger partial charge in [0.15, 0.2) is 0 Å². The average Bonchev–Trinajstić information content (AvgIpc) is 2.35. The summed E-state index contributed by atoms with van der Waals surface area (Å²) in [6.45, 7) is 2.01. The predicted molar refractivity (Wildman–Crippen MR) is 70.7 cm³/mol. The van der Waals surface area contributed by atoms with Gasteiger partial charge in [-0.05, 0) is 18.2 Å². The van der Waals surface area contributed by atoms with Crippen LogP contribution in [0.4, 0.5) is 5.69 Å². The molecule has 0 fully saturated rings. The first-order valence-corrected chi connectivity index (χ1v) is 6.78. The Kier molecular flexibility index (Phi) is 4.59. The molecule has 6 heteroatoms. The number of nitrogens with zero attached hydrogens (tertiary/aromatic N) is 1. The van der Waals surface area contributed by atoms with Crippen LogP contribution in [-0.2, 0) is 10.0 Å². The summed E-state index contributed by atoms with van der Waals surface area (Å²) in [5.74, 6) is 2.57. The Labute approximate surface area is 108 Å². The van der Waals surface area contributed by atoms with E-state index < -0.39 is 10.0 Å². The SMILES string of the molecule is C#CCN(CC)S(=O)(=O)c1cc(N)ccc1OC. The van der Waals surface area contributed by atoms with Crippen molar-refractivity contribution in [3.63, 3.8) is 0 Å². The van der Waals surface area contributed by atoms with Crippen LogP contribution in [0.3, 0.4) is 0 Å². The molecule has 18 heavy (non-hydrogen) atoms. The van der Waals surface area contributed by atoms with E-state index in [4.69, 9.17) is 16.9 Å². The Hall–Kier alpha value is -1.71. The largest absolute Gasteiger partial charge is 0.495 e. The van der Waals surface area contributed by atoms with E-state index in [1.165, 1.54) is 23.5 Å². The Balaban J connectivity index is 3.35. The fourth-order valence-corrected chi connectivity index (χ4v) is 3.06. The monoisotopic (exact) mass is 268 g/mol. The summed E-state index contributed by atoms with van der Waals surface area (Å²) in [5.41, 5.74) is 5.97. The van der Waals surface area contributed by atoms with Crippen molar-refractivity contribution in [2.75, 3.05) is 25.9 Å². The number of anilines is 1. The topological polar surface area (TPSA) is 72.6 Å². The van der Waals surface area contributed by atoms with E-state index in [2.05, 4.69) is 5.92 Å². The van der Waals surface area contributed by atoms with Crippen molar-refractivity contribution in [1.82, 2.24) is 4.31 Å². The third-order valence-electron chi connectivity index (χ3n) is 2.43. The van der Waals surface area contributed by atoms with Gasteiger partial charge in [-0.15, -0.1) is 6.42 Å². The van der Waals surface area contributed by atoms with Crippen molar-refractivity contribution in [3.05, 3.63) is 18.2 Å². The second-order valence-electron chi connectivity index (χ2n) is 3.55. The van der Waals surface area contributed by atoms with Gasteiger partial charge in [-0.1, -0.05) is 12.8 Å².